The van der Waals surface area contributed by atoms with Crippen molar-refractivity contribution in [2.45, 2.75) is 38.6 Å². The molecule has 17 heavy (non-hydrogen) atoms. The van der Waals surface area contributed by atoms with Crippen molar-refractivity contribution >= 4 is 17.3 Å². The van der Waals surface area contributed by atoms with Gasteiger partial charge in [-0.2, -0.15) is 0 Å². The molecule has 1 aromatic carbocycles. The lowest BCUT2D eigenvalue weighted by Crippen LogP contribution is -2.02. The van der Waals surface area contributed by atoms with Crippen molar-refractivity contribution < 1.29 is 4.79 Å². The van der Waals surface area contributed by atoms with Crippen LogP contribution in [-0.4, -0.2) is 15.8 Å². The molecule has 1 saturated carbocycles. The van der Waals surface area contributed by atoms with Crippen LogP contribution >= 0.6 is 0 Å². The molecule has 2 aromatic rings. The Bertz CT molecular complexity index is 579. The van der Waals surface area contributed by atoms with Crippen molar-refractivity contribution in [1.29, 1.82) is 0 Å². The van der Waals surface area contributed by atoms with Crippen LogP contribution in [0.4, 0.5) is 0 Å². The van der Waals surface area contributed by atoms with Gasteiger partial charge in [0, 0.05) is 17.5 Å². The number of rotatable bonds is 3. The minimum absolute atomic E-state index is 0.391. The normalized spacial score (nSPS) is 15.7. The van der Waals surface area contributed by atoms with Crippen LogP contribution in [0.1, 0.15) is 54.8 Å². The van der Waals surface area contributed by atoms with E-state index in [1.807, 2.05) is 12.1 Å². The Hall–Kier alpha value is -1.64. The summed E-state index contributed by atoms with van der Waals surface area (Å²) in [6.45, 7) is 4.31. The van der Waals surface area contributed by atoms with Gasteiger partial charge in [-0.3, -0.25) is 4.79 Å². The summed E-state index contributed by atoms with van der Waals surface area (Å²) in [4.78, 5) is 15.7. The van der Waals surface area contributed by atoms with Crippen LogP contribution in [0.25, 0.3) is 11.0 Å². The van der Waals surface area contributed by atoms with Gasteiger partial charge >= 0.3 is 0 Å². The number of benzene rings is 1. The van der Waals surface area contributed by atoms with Crippen LogP contribution in [0.15, 0.2) is 18.2 Å². The zero-order chi connectivity index (χ0) is 12.0. The summed E-state index contributed by atoms with van der Waals surface area (Å²) >= 11 is 0. The average Bonchev–Trinajstić information content (AvgIpc) is 3.08. The molecule has 0 radical (unpaired) electrons. The highest BCUT2D eigenvalue weighted by Gasteiger charge is 2.29. The molecule has 1 fully saturated rings. The van der Waals surface area contributed by atoms with E-state index in [1.54, 1.807) is 0 Å². The first-order valence-corrected chi connectivity index (χ1v) is 6.18. The van der Waals surface area contributed by atoms with Crippen LogP contribution in [-0.2, 0) is 0 Å². The Balaban J connectivity index is 2.33. The predicted molar refractivity (Wildman–Crippen MR) is 67.5 cm³/mol. The Labute approximate surface area is 100 Å². The maximum atomic E-state index is 11.0. The monoisotopic (exact) mass is 228 g/mol. The fourth-order valence-electron chi connectivity index (χ4n) is 2.38. The second-order valence-electron chi connectivity index (χ2n) is 5.06. The molecule has 0 saturated heterocycles. The number of nitrogens with zero attached hydrogens (tertiary/aromatic N) is 2. The summed E-state index contributed by atoms with van der Waals surface area (Å²) in [5, 5.41) is 0. The number of aromatic nitrogens is 2. The number of carbonyl (C=O) groups excluding carboxylic acids is 1. The molecule has 0 amide bonds. The summed E-state index contributed by atoms with van der Waals surface area (Å²) in [5.41, 5.74) is 2.67. The molecule has 0 atom stereocenters. The minimum Gasteiger partial charge on any atom is -0.325 e. The Morgan fingerprint density at radius 2 is 2.18 bits per heavy atom. The molecular weight excluding hydrogens is 212 g/mol. The summed E-state index contributed by atoms with van der Waals surface area (Å²) in [6.07, 6.45) is 3.36. The van der Waals surface area contributed by atoms with Crippen molar-refractivity contribution in [2.75, 3.05) is 0 Å². The Morgan fingerprint density at radius 1 is 1.41 bits per heavy atom. The van der Waals surface area contributed by atoms with Gasteiger partial charge in [0.2, 0.25) is 0 Å². The largest absolute Gasteiger partial charge is 0.325 e. The van der Waals surface area contributed by atoms with E-state index in [4.69, 9.17) is 0 Å². The van der Waals surface area contributed by atoms with Crippen molar-refractivity contribution in [3.63, 3.8) is 0 Å². The number of carbonyl (C=O) groups is 1. The van der Waals surface area contributed by atoms with Crippen LogP contribution in [0.3, 0.4) is 0 Å². The molecular formula is C14H16N2O. The molecule has 0 spiro atoms. The fourth-order valence-corrected chi connectivity index (χ4v) is 2.38. The summed E-state index contributed by atoms with van der Waals surface area (Å²) in [7, 11) is 0. The van der Waals surface area contributed by atoms with Gasteiger partial charge in [0.25, 0.3) is 0 Å². The van der Waals surface area contributed by atoms with Crippen molar-refractivity contribution in [3.05, 3.63) is 29.6 Å². The second kappa shape index (κ2) is 3.69. The second-order valence-corrected chi connectivity index (χ2v) is 5.06. The number of imidazole rings is 1. The Kier molecular flexibility index (Phi) is 2.28. The van der Waals surface area contributed by atoms with Gasteiger partial charge in [0.15, 0.2) is 6.29 Å². The average molecular weight is 228 g/mol. The molecule has 1 aliphatic rings. The quantitative estimate of drug-likeness (QED) is 0.755. The topological polar surface area (TPSA) is 34.9 Å². The number of hydrogen-bond donors (Lipinski definition) is 0. The molecule has 0 aliphatic heterocycles. The van der Waals surface area contributed by atoms with Gasteiger partial charge in [-0.05, 0) is 25.0 Å². The van der Waals surface area contributed by atoms with Gasteiger partial charge in [-0.1, -0.05) is 19.9 Å². The highest BCUT2D eigenvalue weighted by atomic mass is 16.1. The lowest BCUT2D eigenvalue weighted by atomic mass is 10.2. The Morgan fingerprint density at radius 3 is 2.76 bits per heavy atom. The molecule has 0 unspecified atom stereocenters. The van der Waals surface area contributed by atoms with Crippen molar-refractivity contribution in [3.8, 4) is 0 Å². The fraction of sp³-hybridized carbons (Fsp3) is 0.429. The first kappa shape index (κ1) is 10.5. The van der Waals surface area contributed by atoms with Gasteiger partial charge < -0.3 is 4.57 Å². The van der Waals surface area contributed by atoms with E-state index in [1.165, 1.54) is 12.8 Å². The maximum Gasteiger partial charge on any atom is 0.152 e. The number of aldehydes is 1. The zero-order valence-corrected chi connectivity index (χ0v) is 10.2. The van der Waals surface area contributed by atoms with Gasteiger partial charge in [-0.25, -0.2) is 4.98 Å². The molecule has 1 aromatic heterocycles. The van der Waals surface area contributed by atoms with E-state index in [-0.39, 0.29) is 0 Å². The number of para-hydroxylation sites is 1. The van der Waals surface area contributed by atoms with E-state index >= 15 is 0 Å². The highest BCUT2D eigenvalue weighted by Crippen LogP contribution is 2.40. The molecule has 0 N–H and O–H groups in total. The smallest absolute Gasteiger partial charge is 0.152 e. The van der Waals surface area contributed by atoms with Crippen molar-refractivity contribution in [1.82, 2.24) is 9.55 Å². The molecule has 88 valence electrons. The molecule has 1 aliphatic carbocycles. The molecule has 1 heterocycles. The van der Waals surface area contributed by atoms with Crippen LogP contribution in [0.5, 0.6) is 0 Å². The van der Waals surface area contributed by atoms with E-state index in [9.17, 15) is 4.79 Å². The van der Waals surface area contributed by atoms with Crippen LogP contribution < -0.4 is 0 Å². The van der Waals surface area contributed by atoms with E-state index in [0.29, 0.717) is 17.5 Å². The SMILES string of the molecule is CC(C)c1nc2c(C=O)cccc2n1C1CC1. The molecule has 3 heteroatoms. The summed E-state index contributed by atoms with van der Waals surface area (Å²) in [6, 6.07) is 6.44. The molecule has 0 bridgehead atoms. The first-order valence-electron chi connectivity index (χ1n) is 6.18. The molecule has 3 rings (SSSR count). The van der Waals surface area contributed by atoms with Crippen LogP contribution in [0, 0.1) is 0 Å². The maximum absolute atomic E-state index is 11.0. The standard InChI is InChI=1S/C14H16N2O/c1-9(2)14-15-13-10(8-17)4-3-5-12(13)16(14)11-6-7-11/h3-5,8-9,11H,6-7H2,1-2H3. The van der Waals surface area contributed by atoms with Gasteiger partial charge in [-0.15, -0.1) is 0 Å². The third-order valence-corrected chi connectivity index (χ3v) is 3.33. The lowest BCUT2D eigenvalue weighted by molar-refractivity contribution is 0.112. The van der Waals surface area contributed by atoms with Gasteiger partial charge in [0.1, 0.15) is 5.82 Å². The highest BCUT2D eigenvalue weighted by molar-refractivity contribution is 5.94. The minimum atomic E-state index is 0.391. The van der Waals surface area contributed by atoms with Gasteiger partial charge in [0.05, 0.1) is 11.0 Å². The zero-order valence-electron chi connectivity index (χ0n) is 10.2. The third-order valence-electron chi connectivity index (χ3n) is 3.33. The molecule has 3 nitrogen and oxygen atoms in total. The first-order chi connectivity index (χ1) is 8.22. The van der Waals surface area contributed by atoms with Crippen molar-refractivity contribution in [2.24, 2.45) is 0 Å². The summed E-state index contributed by atoms with van der Waals surface area (Å²) < 4.78 is 2.33. The van der Waals surface area contributed by atoms with Crippen LogP contribution in [0.2, 0.25) is 0 Å². The summed E-state index contributed by atoms with van der Waals surface area (Å²) in [5.74, 6) is 1.50. The lowest BCUT2D eigenvalue weighted by Gasteiger charge is -2.09. The van der Waals surface area contributed by atoms with E-state index in [2.05, 4.69) is 29.5 Å². The van der Waals surface area contributed by atoms with E-state index in [0.717, 1.165) is 23.1 Å². The van der Waals surface area contributed by atoms with E-state index < -0.39 is 0 Å². The third kappa shape index (κ3) is 1.57. The number of hydrogen-bond acceptors (Lipinski definition) is 2. The number of fused-ring (bicyclic) bond motifs is 1. The predicted octanol–water partition coefficient (Wildman–Crippen LogP) is 3.31.